The maximum atomic E-state index is 10.9. The molecule has 0 bridgehead atoms. The van der Waals surface area contributed by atoms with Gasteiger partial charge in [-0.3, -0.25) is 4.79 Å². The second kappa shape index (κ2) is 3.39. The van der Waals surface area contributed by atoms with Gasteiger partial charge in [0, 0.05) is 17.1 Å². The molecule has 0 unspecified atom stereocenters. The van der Waals surface area contributed by atoms with Gasteiger partial charge in [-0.05, 0) is 23.9 Å². The molecular weight excluding hydrogens is 198 g/mol. The standard InChI is InChI=1S/C11H8ClNO/c1-7-2-3-9-8(10(7)6-14)4-5-13-11(9)12/h2-6H,1H3. The lowest BCUT2D eigenvalue weighted by Gasteiger charge is -2.04. The quantitative estimate of drug-likeness (QED) is 0.529. The molecule has 0 saturated carbocycles. The van der Waals surface area contributed by atoms with Crippen molar-refractivity contribution in [1.29, 1.82) is 0 Å². The lowest BCUT2D eigenvalue weighted by Crippen LogP contribution is -1.89. The fourth-order valence-corrected chi connectivity index (χ4v) is 1.73. The van der Waals surface area contributed by atoms with Crippen molar-refractivity contribution in [3.63, 3.8) is 0 Å². The largest absolute Gasteiger partial charge is 0.298 e. The molecule has 0 aliphatic carbocycles. The van der Waals surface area contributed by atoms with E-state index < -0.39 is 0 Å². The van der Waals surface area contributed by atoms with E-state index in [4.69, 9.17) is 11.6 Å². The highest BCUT2D eigenvalue weighted by Crippen LogP contribution is 2.25. The Bertz CT molecular complexity index is 508. The molecular formula is C11H8ClNO. The number of halogens is 1. The number of pyridine rings is 1. The van der Waals surface area contributed by atoms with Gasteiger partial charge in [0.2, 0.25) is 0 Å². The molecule has 0 spiro atoms. The van der Waals surface area contributed by atoms with Crippen LogP contribution in [0.5, 0.6) is 0 Å². The lowest BCUT2D eigenvalue weighted by atomic mass is 10.0. The van der Waals surface area contributed by atoms with Crippen molar-refractivity contribution in [2.75, 3.05) is 0 Å². The van der Waals surface area contributed by atoms with Crippen molar-refractivity contribution in [2.45, 2.75) is 6.92 Å². The molecule has 2 aromatic rings. The van der Waals surface area contributed by atoms with Crippen LogP contribution in [0, 0.1) is 6.92 Å². The fourth-order valence-electron chi connectivity index (χ4n) is 1.51. The molecule has 0 atom stereocenters. The minimum Gasteiger partial charge on any atom is -0.298 e. The number of aldehydes is 1. The van der Waals surface area contributed by atoms with Crippen molar-refractivity contribution in [3.05, 3.63) is 40.7 Å². The van der Waals surface area contributed by atoms with Gasteiger partial charge in [0.25, 0.3) is 0 Å². The van der Waals surface area contributed by atoms with E-state index >= 15 is 0 Å². The zero-order valence-corrected chi connectivity index (χ0v) is 8.38. The summed E-state index contributed by atoms with van der Waals surface area (Å²) in [6, 6.07) is 5.56. The molecule has 0 N–H and O–H groups in total. The lowest BCUT2D eigenvalue weighted by molar-refractivity contribution is 0.112. The first kappa shape index (κ1) is 9.16. The Morgan fingerprint density at radius 2 is 2.07 bits per heavy atom. The number of nitrogens with zero attached hydrogens (tertiary/aromatic N) is 1. The van der Waals surface area contributed by atoms with Gasteiger partial charge in [0.1, 0.15) is 5.15 Å². The van der Waals surface area contributed by atoms with Gasteiger partial charge in [0.15, 0.2) is 6.29 Å². The molecule has 0 amide bonds. The van der Waals surface area contributed by atoms with E-state index in [0.29, 0.717) is 10.7 Å². The summed E-state index contributed by atoms with van der Waals surface area (Å²) in [4.78, 5) is 14.9. The summed E-state index contributed by atoms with van der Waals surface area (Å²) < 4.78 is 0. The maximum absolute atomic E-state index is 10.9. The SMILES string of the molecule is Cc1ccc2c(Cl)nccc2c1C=O. The highest BCUT2D eigenvalue weighted by atomic mass is 35.5. The van der Waals surface area contributed by atoms with Crippen LogP contribution in [-0.4, -0.2) is 11.3 Å². The second-order valence-electron chi connectivity index (χ2n) is 3.11. The fraction of sp³-hybridized carbons (Fsp3) is 0.0909. The zero-order valence-electron chi connectivity index (χ0n) is 7.62. The van der Waals surface area contributed by atoms with Gasteiger partial charge in [-0.25, -0.2) is 4.98 Å². The maximum Gasteiger partial charge on any atom is 0.150 e. The summed E-state index contributed by atoms with van der Waals surface area (Å²) in [6.07, 6.45) is 2.46. The molecule has 0 radical (unpaired) electrons. The molecule has 2 rings (SSSR count). The van der Waals surface area contributed by atoms with Gasteiger partial charge in [-0.15, -0.1) is 0 Å². The Labute approximate surface area is 86.5 Å². The third-order valence-corrected chi connectivity index (χ3v) is 2.58. The average molecular weight is 206 g/mol. The number of benzene rings is 1. The topological polar surface area (TPSA) is 30.0 Å². The predicted octanol–water partition coefficient (Wildman–Crippen LogP) is 3.01. The van der Waals surface area contributed by atoms with Crippen LogP contribution in [0.2, 0.25) is 5.15 Å². The summed E-state index contributed by atoms with van der Waals surface area (Å²) in [6.45, 7) is 1.90. The number of fused-ring (bicyclic) bond motifs is 1. The number of hydrogen-bond donors (Lipinski definition) is 0. The number of aromatic nitrogens is 1. The third kappa shape index (κ3) is 1.28. The minimum absolute atomic E-state index is 0.436. The molecule has 1 heterocycles. The highest BCUT2D eigenvalue weighted by molar-refractivity contribution is 6.34. The van der Waals surface area contributed by atoms with Crippen molar-refractivity contribution in [3.8, 4) is 0 Å². The molecule has 0 fully saturated rings. The van der Waals surface area contributed by atoms with E-state index in [-0.39, 0.29) is 0 Å². The third-order valence-electron chi connectivity index (χ3n) is 2.27. The van der Waals surface area contributed by atoms with E-state index in [1.807, 2.05) is 19.1 Å². The Morgan fingerprint density at radius 3 is 2.79 bits per heavy atom. The first-order chi connectivity index (χ1) is 6.74. The van der Waals surface area contributed by atoms with Gasteiger partial charge < -0.3 is 0 Å². The van der Waals surface area contributed by atoms with E-state index in [9.17, 15) is 4.79 Å². The van der Waals surface area contributed by atoms with Gasteiger partial charge in [-0.2, -0.15) is 0 Å². The van der Waals surface area contributed by atoms with Crippen LogP contribution in [0.25, 0.3) is 10.8 Å². The molecule has 1 aromatic heterocycles. The molecule has 0 aliphatic rings. The summed E-state index contributed by atoms with van der Waals surface area (Å²) in [5.74, 6) is 0. The number of aryl methyl sites for hydroxylation is 1. The van der Waals surface area contributed by atoms with E-state index in [1.54, 1.807) is 12.3 Å². The zero-order chi connectivity index (χ0) is 10.1. The van der Waals surface area contributed by atoms with Crippen molar-refractivity contribution in [1.82, 2.24) is 4.98 Å². The minimum atomic E-state index is 0.436. The summed E-state index contributed by atoms with van der Waals surface area (Å²) in [5.41, 5.74) is 1.64. The van der Waals surface area contributed by atoms with E-state index in [2.05, 4.69) is 4.98 Å². The summed E-state index contributed by atoms with van der Waals surface area (Å²) in [5, 5.41) is 2.12. The van der Waals surface area contributed by atoms with Crippen LogP contribution < -0.4 is 0 Å². The number of rotatable bonds is 1. The van der Waals surface area contributed by atoms with Gasteiger partial charge in [-0.1, -0.05) is 23.7 Å². The smallest absolute Gasteiger partial charge is 0.150 e. The van der Waals surface area contributed by atoms with Gasteiger partial charge in [0.05, 0.1) is 0 Å². The van der Waals surface area contributed by atoms with Crippen LogP contribution in [0.1, 0.15) is 15.9 Å². The molecule has 14 heavy (non-hydrogen) atoms. The molecule has 3 heteroatoms. The van der Waals surface area contributed by atoms with Crippen molar-refractivity contribution >= 4 is 28.7 Å². The van der Waals surface area contributed by atoms with Crippen molar-refractivity contribution < 1.29 is 4.79 Å². The number of hydrogen-bond acceptors (Lipinski definition) is 2. The van der Waals surface area contributed by atoms with E-state index in [1.165, 1.54) is 0 Å². The average Bonchev–Trinajstić information content (AvgIpc) is 2.18. The molecule has 1 aromatic carbocycles. The molecule has 2 nitrogen and oxygen atoms in total. The van der Waals surface area contributed by atoms with Crippen LogP contribution in [-0.2, 0) is 0 Å². The first-order valence-electron chi connectivity index (χ1n) is 4.23. The first-order valence-corrected chi connectivity index (χ1v) is 4.61. The van der Waals surface area contributed by atoms with Crippen LogP contribution in [0.4, 0.5) is 0 Å². The van der Waals surface area contributed by atoms with Crippen LogP contribution in [0.3, 0.4) is 0 Å². The van der Waals surface area contributed by atoms with Crippen LogP contribution >= 0.6 is 11.6 Å². The Morgan fingerprint density at radius 1 is 1.29 bits per heavy atom. The normalized spacial score (nSPS) is 10.4. The van der Waals surface area contributed by atoms with Crippen LogP contribution in [0.15, 0.2) is 24.4 Å². The summed E-state index contributed by atoms with van der Waals surface area (Å²) in [7, 11) is 0. The Hall–Kier alpha value is -1.41. The van der Waals surface area contributed by atoms with E-state index in [0.717, 1.165) is 22.6 Å². The Kier molecular flexibility index (Phi) is 2.22. The molecule has 0 aliphatic heterocycles. The highest BCUT2D eigenvalue weighted by Gasteiger charge is 2.06. The second-order valence-corrected chi connectivity index (χ2v) is 3.47. The molecule has 70 valence electrons. The molecule has 0 saturated heterocycles. The van der Waals surface area contributed by atoms with Gasteiger partial charge >= 0.3 is 0 Å². The Balaban J connectivity index is 2.95. The summed E-state index contributed by atoms with van der Waals surface area (Å²) >= 11 is 5.91. The monoisotopic (exact) mass is 205 g/mol. The number of carbonyl (C=O) groups excluding carboxylic acids is 1. The van der Waals surface area contributed by atoms with Crippen molar-refractivity contribution in [2.24, 2.45) is 0 Å². The predicted molar refractivity (Wildman–Crippen MR) is 56.9 cm³/mol. The number of carbonyl (C=O) groups is 1.